The smallest absolute Gasteiger partial charge is 0.264 e. The van der Waals surface area contributed by atoms with Crippen molar-refractivity contribution in [3.05, 3.63) is 59.9 Å². The van der Waals surface area contributed by atoms with Crippen LogP contribution in [-0.4, -0.2) is 37.0 Å². The predicted molar refractivity (Wildman–Crippen MR) is 91.8 cm³/mol. The number of halogens is 1. The van der Waals surface area contributed by atoms with E-state index in [0.29, 0.717) is 42.3 Å². The van der Waals surface area contributed by atoms with E-state index in [2.05, 4.69) is 10.5 Å². The summed E-state index contributed by atoms with van der Waals surface area (Å²) in [5.41, 5.74) is 1.16. The maximum absolute atomic E-state index is 13.3. The van der Waals surface area contributed by atoms with Gasteiger partial charge in [0, 0.05) is 12.0 Å². The molecule has 4 rings (SSSR count). The number of oxime groups is 1. The lowest BCUT2D eigenvalue weighted by Crippen LogP contribution is -2.44. The Hall–Kier alpha value is -3.09. The molecule has 1 N–H and O–H groups in total. The molecule has 0 bridgehead atoms. The first-order chi connectivity index (χ1) is 12.7. The van der Waals surface area contributed by atoms with E-state index in [0.717, 1.165) is 0 Å². The van der Waals surface area contributed by atoms with E-state index in [1.54, 1.807) is 12.1 Å². The van der Waals surface area contributed by atoms with E-state index in [-0.39, 0.29) is 17.8 Å². The van der Waals surface area contributed by atoms with E-state index in [1.165, 1.54) is 12.1 Å². The van der Waals surface area contributed by atoms with Gasteiger partial charge in [-0.1, -0.05) is 29.4 Å². The van der Waals surface area contributed by atoms with Crippen LogP contribution >= 0.6 is 0 Å². The summed E-state index contributed by atoms with van der Waals surface area (Å²) in [4.78, 5) is 17.5. The molecule has 7 heteroatoms. The number of amides is 1. The molecule has 0 spiro atoms. The monoisotopic (exact) mass is 356 g/mol. The van der Waals surface area contributed by atoms with Crippen LogP contribution < -0.4 is 14.8 Å². The Bertz CT molecular complexity index is 855. The van der Waals surface area contributed by atoms with Crippen LogP contribution in [0.1, 0.15) is 12.0 Å². The van der Waals surface area contributed by atoms with Gasteiger partial charge >= 0.3 is 0 Å². The lowest BCUT2D eigenvalue weighted by atomic mass is 10.0. The van der Waals surface area contributed by atoms with Gasteiger partial charge in [0.25, 0.3) is 5.91 Å². The predicted octanol–water partition coefficient (Wildman–Crippen LogP) is 2.27. The van der Waals surface area contributed by atoms with Gasteiger partial charge in [0.1, 0.15) is 18.5 Å². The Morgan fingerprint density at radius 2 is 2.04 bits per heavy atom. The second-order valence-corrected chi connectivity index (χ2v) is 6.09. The molecule has 0 saturated carbocycles. The SMILES string of the molecule is O=C(NCC1COc2ccccc2O1)C1CC(c2cccc(F)c2)=NO1. The molecule has 6 nitrogen and oxygen atoms in total. The topological polar surface area (TPSA) is 69.2 Å². The normalized spacial score (nSPS) is 20.9. The highest BCUT2D eigenvalue weighted by atomic mass is 19.1. The Balaban J connectivity index is 1.29. The summed E-state index contributed by atoms with van der Waals surface area (Å²) in [6.45, 7) is 0.649. The molecule has 0 radical (unpaired) electrons. The van der Waals surface area contributed by atoms with Crippen LogP contribution in [0.2, 0.25) is 0 Å². The molecule has 2 unspecified atom stereocenters. The minimum Gasteiger partial charge on any atom is -0.486 e. The van der Waals surface area contributed by atoms with Gasteiger partial charge in [-0.3, -0.25) is 4.79 Å². The minimum absolute atomic E-state index is 0.279. The highest BCUT2D eigenvalue weighted by molar-refractivity contribution is 6.04. The van der Waals surface area contributed by atoms with Gasteiger partial charge in [-0.25, -0.2) is 4.39 Å². The van der Waals surface area contributed by atoms with Gasteiger partial charge in [0.2, 0.25) is 6.10 Å². The third-order valence-electron chi connectivity index (χ3n) is 4.19. The molecule has 2 atom stereocenters. The Morgan fingerprint density at radius 3 is 2.88 bits per heavy atom. The van der Waals surface area contributed by atoms with Crippen LogP contribution in [0.15, 0.2) is 53.7 Å². The number of benzene rings is 2. The quantitative estimate of drug-likeness (QED) is 0.913. The molecular formula is C19H17FN2O4. The molecular weight excluding hydrogens is 339 g/mol. The average Bonchev–Trinajstić information content (AvgIpc) is 3.16. The number of carbonyl (C=O) groups excluding carboxylic acids is 1. The van der Waals surface area contributed by atoms with E-state index in [9.17, 15) is 9.18 Å². The molecule has 2 aliphatic rings. The van der Waals surface area contributed by atoms with Crippen molar-refractivity contribution in [2.75, 3.05) is 13.2 Å². The molecule has 1 amide bonds. The van der Waals surface area contributed by atoms with Crippen LogP contribution in [0.3, 0.4) is 0 Å². The molecule has 0 fully saturated rings. The van der Waals surface area contributed by atoms with E-state index in [4.69, 9.17) is 14.3 Å². The van der Waals surface area contributed by atoms with Crippen molar-refractivity contribution in [3.8, 4) is 11.5 Å². The van der Waals surface area contributed by atoms with Gasteiger partial charge in [0.15, 0.2) is 11.5 Å². The third-order valence-corrected chi connectivity index (χ3v) is 4.19. The average molecular weight is 356 g/mol. The summed E-state index contributed by atoms with van der Waals surface area (Å²) < 4.78 is 24.7. The second kappa shape index (κ2) is 7.03. The highest BCUT2D eigenvalue weighted by Gasteiger charge is 2.30. The van der Waals surface area contributed by atoms with Gasteiger partial charge in [-0.15, -0.1) is 0 Å². The molecule has 2 aromatic carbocycles. The standard InChI is InChI=1S/C19H17FN2O4/c20-13-5-3-4-12(8-13)15-9-18(26-22-15)19(23)21-10-14-11-24-16-6-1-2-7-17(16)25-14/h1-8,14,18H,9-11H2,(H,21,23). The number of fused-ring (bicyclic) bond motifs is 1. The Morgan fingerprint density at radius 1 is 1.19 bits per heavy atom. The van der Waals surface area contributed by atoms with Crippen molar-refractivity contribution in [3.63, 3.8) is 0 Å². The number of hydrogen-bond acceptors (Lipinski definition) is 5. The van der Waals surface area contributed by atoms with Crippen LogP contribution in [0.25, 0.3) is 0 Å². The zero-order valence-corrected chi connectivity index (χ0v) is 13.9. The highest BCUT2D eigenvalue weighted by Crippen LogP contribution is 2.30. The van der Waals surface area contributed by atoms with Crippen LogP contribution in [0.4, 0.5) is 4.39 Å². The van der Waals surface area contributed by atoms with Crippen molar-refractivity contribution >= 4 is 11.6 Å². The lowest BCUT2D eigenvalue weighted by Gasteiger charge is -2.26. The fourth-order valence-electron chi connectivity index (χ4n) is 2.85. The number of nitrogens with zero attached hydrogens (tertiary/aromatic N) is 1. The van der Waals surface area contributed by atoms with E-state index < -0.39 is 6.10 Å². The minimum atomic E-state index is -0.731. The molecule has 0 aliphatic carbocycles. The summed E-state index contributed by atoms with van der Waals surface area (Å²) in [6.07, 6.45) is -0.718. The first-order valence-electron chi connectivity index (χ1n) is 8.34. The van der Waals surface area contributed by atoms with Gasteiger partial charge < -0.3 is 19.6 Å². The van der Waals surface area contributed by atoms with Crippen LogP contribution in [0.5, 0.6) is 11.5 Å². The van der Waals surface area contributed by atoms with Crippen molar-refractivity contribution < 1.29 is 23.5 Å². The molecule has 0 saturated heterocycles. The number of carbonyl (C=O) groups is 1. The Kier molecular flexibility index (Phi) is 4.43. The van der Waals surface area contributed by atoms with Crippen molar-refractivity contribution in [2.45, 2.75) is 18.6 Å². The molecule has 0 aromatic heterocycles. The summed E-state index contributed by atoms with van der Waals surface area (Å²) >= 11 is 0. The second-order valence-electron chi connectivity index (χ2n) is 6.09. The summed E-state index contributed by atoms with van der Waals surface area (Å²) in [5, 5.41) is 6.70. The van der Waals surface area contributed by atoms with Crippen LogP contribution in [-0.2, 0) is 9.63 Å². The number of para-hydroxylation sites is 2. The molecule has 2 aromatic rings. The van der Waals surface area contributed by atoms with Gasteiger partial charge in [-0.05, 0) is 24.3 Å². The van der Waals surface area contributed by atoms with E-state index >= 15 is 0 Å². The Labute approximate surface area is 149 Å². The van der Waals surface area contributed by atoms with Crippen molar-refractivity contribution in [1.29, 1.82) is 0 Å². The lowest BCUT2D eigenvalue weighted by molar-refractivity contribution is -0.131. The largest absolute Gasteiger partial charge is 0.486 e. The fraction of sp³-hybridized carbons (Fsp3) is 0.263. The molecule has 26 heavy (non-hydrogen) atoms. The number of nitrogens with one attached hydrogen (secondary N) is 1. The molecule has 2 aliphatic heterocycles. The summed E-state index contributed by atoms with van der Waals surface area (Å²) in [7, 11) is 0. The fourth-order valence-corrected chi connectivity index (χ4v) is 2.85. The first-order valence-corrected chi connectivity index (χ1v) is 8.34. The zero-order chi connectivity index (χ0) is 17.9. The van der Waals surface area contributed by atoms with Gasteiger partial charge in [0.05, 0.1) is 12.3 Å². The number of rotatable bonds is 4. The van der Waals surface area contributed by atoms with Crippen molar-refractivity contribution in [1.82, 2.24) is 5.32 Å². The maximum Gasteiger partial charge on any atom is 0.264 e. The van der Waals surface area contributed by atoms with Gasteiger partial charge in [-0.2, -0.15) is 0 Å². The van der Waals surface area contributed by atoms with Crippen molar-refractivity contribution in [2.24, 2.45) is 5.16 Å². The zero-order valence-electron chi connectivity index (χ0n) is 13.9. The number of ether oxygens (including phenoxy) is 2. The first kappa shape index (κ1) is 16.4. The maximum atomic E-state index is 13.3. The molecule has 2 heterocycles. The third kappa shape index (κ3) is 3.46. The summed E-state index contributed by atoms with van der Waals surface area (Å²) in [6, 6.07) is 13.4. The van der Waals surface area contributed by atoms with Crippen LogP contribution in [0, 0.1) is 5.82 Å². The number of hydrogen-bond donors (Lipinski definition) is 1. The molecule has 134 valence electrons. The summed E-state index contributed by atoms with van der Waals surface area (Å²) in [5.74, 6) is 0.713. The van der Waals surface area contributed by atoms with E-state index in [1.807, 2.05) is 24.3 Å².